The highest BCUT2D eigenvalue weighted by Gasteiger charge is 2.13. The summed E-state index contributed by atoms with van der Waals surface area (Å²) in [6.45, 7) is 0. The number of anilines is 1. The largest absolute Gasteiger partial charge is 0.289 e. The molecule has 7 heteroatoms. The Bertz CT molecular complexity index is 817. The van der Waals surface area contributed by atoms with Gasteiger partial charge in [-0.1, -0.05) is 42.5 Å². The molecule has 0 saturated carbocycles. The molecule has 0 aromatic heterocycles. The Labute approximate surface area is 140 Å². The van der Waals surface area contributed by atoms with Gasteiger partial charge in [0.25, 0.3) is 10.0 Å². The quantitative estimate of drug-likeness (QED) is 0.531. The second-order valence-electron chi connectivity index (χ2n) is 5.02. The number of hydroxylamine groups is 1. The summed E-state index contributed by atoms with van der Waals surface area (Å²) in [6, 6.07) is 15.1. The van der Waals surface area contributed by atoms with Crippen LogP contribution in [0.4, 0.5) is 5.69 Å². The molecule has 0 atom stereocenters. The molecule has 0 aliphatic rings. The van der Waals surface area contributed by atoms with E-state index >= 15 is 0 Å². The molecule has 0 aliphatic heterocycles. The molecule has 1 amide bonds. The Kier molecular flexibility index (Phi) is 6.11. The van der Waals surface area contributed by atoms with Crippen molar-refractivity contribution < 1.29 is 18.4 Å². The van der Waals surface area contributed by atoms with Crippen molar-refractivity contribution in [2.24, 2.45) is 0 Å². The van der Waals surface area contributed by atoms with E-state index in [4.69, 9.17) is 5.21 Å². The molecule has 2 aromatic carbocycles. The third-order valence-electron chi connectivity index (χ3n) is 3.17. The summed E-state index contributed by atoms with van der Waals surface area (Å²) in [7, 11) is -3.66. The zero-order valence-electron chi connectivity index (χ0n) is 12.8. The number of sulfonamides is 1. The van der Waals surface area contributed by atoms with Gasteiger partial charge < -0.3 is 0 Å². The van der Waals surface area contributed by atoms with Gasteiger partial charge in [-0.2, -0.15) is 0 Å². The summed E-state index contributed by atoms with van der Waals surface area (Å²) >= 11 is 0. The SMILES string of the molecule is O=C(CC/C=C\c1cccc(S(=O)(=O)Nc2ccccc2)c1)NO. The molecule has 0 bridgehead atoms. The molecule has 0 saturated heterocycles. The highest BCUT2D eigenvalue weighted by Crippen LogP contribution is 2.17. The van der Waals surface area contributed by atoms with Gasteiger partial charge in [0, 0.05) is 12.1 Å². The predicted molar refractivity (Wildman–Crippen MR) is 91.9 cm³/mol. The van der Waals surface area contributed by atoms with Gasteiger partial charge in [-0.05, 0) is 36.2 Å². The summed E-state index contributed by atoms with van der Waals surface area (Å²) in [6.07, 6.45) is 4.06. The van der Waals surface area contributed by atoms with Crippen LogP contribution in [0.15, 0.2) is 65.6 Å². The zero-order chi connectivity index (χ0) is 17.4. The van der Waals surface area contributed by atoms with Crippen molar-refractivity contribution in [1.82, 2.24) is 5.48 Å². The molecule has 2 aromatic rings. The third-order valence-corrected chi connectivity index (χ3v) is 4.55. The number of hydrogen-bond donors (Lipinski definition) is 3. The maximum absolute atomic E-state index is 12.4. The van der Waals surface area contributed by atoms with E-state index in [1.165, 1.54) is 6.07 Å². The molecule has 3 N–H and O–H groups in total. The van der Waals surface area contributed by atoms with Crippen LogP contribution in [0.1, 0.15) is 18.4 Å². The lowest BCUT2D eigenvalue weighted by Gasteiger charge is -2.08. The summed E-state index contributed by atoms with van der Waals surface area (Å²) in [5.74, 6) is -0.469. The number of carbonyl (C=O) groups is 1. The Morgan fingerprint density at radius 1 is 1.08 bits per heavy atom. The first-order chi connectivity index (χ1) is 11.5. The topological polar surface area (TPSA) is 95.5 Å². The van der Waals surface area contributed by atoms with E-state index < -0.39 is 15.9 Å². The number of nitrogens with one attached hydrogen (secondary N) is 2. The maximum atomic E-state index is 12.4. The predicted octanol–water partition coefficient (Wildman–Crippen LogP) is 2.79. The average Bonchev–Trinajstić information content (AvgIpc) is 2.59. The molecular formula is C17H18N2O4S. The third kappa shape index (κ3) is 5.22. The normalized spacial score (nSPS) is 11.4. The minimum absolute atomic E-state index is 0.153. The van der Waals surface area contributed by atoms with E-state index in [0.29, 0.717) is 17.7 Å². The van der Waals surface area contributed by atoms with Gasteiger partial charge >= 0.3 is 0 Å². The molecule has 0 fully saturated rings. The van der Waals surface area contributed by atoms with Crippen LogP contribution in [0.3, 0.4) is 0 Å². The van der Waals surface area contributed by atoms with Gasteiger partial charge in [0.2, 0.25) is 5.91 Å². The summed E-state index contributed by atoms with van der Waals surface area (Å²) in [5, 5.41) is 8.40. The summed E-state index contributed by atoms with van der Waals surface area (Å²) in [5.41, 5.74) is 2.75. The molecule has 0 heterocycles. The van der Waals surface area contributed by atoms with Crippen molar-refractivity contribution in [1.29, 1.82) is 0 Å². The van der Waals surface area contributed by atoms with Crippen LogP contribution in [-0.2, 0) is 14.8 Å². The number of para-hydroxylation sites is 1. The highest BCUT2D eigenvalue weighted by atomic mass is 32.2. The number of allylic oxidation sites excluding steroid dienone is 1. The Morgan fingerprint density at radius 3 is 2.54 bits per heavy atom. The van der Waals surface area contributed by atoms with Gasteiger partial charge in [0.1, 0.15) is 0 Å². The number of amides is 1. The molecule has 126 valence electrons. The smallest absolute Gasteiger partial charge is 0.261 e. The van der Waals surface area contributed by atoms with E-state index in [1.807, 2.05) is 0 Å². The van der Waals surface area contributed by atoms with Crippen LogP contribution in [0, 0.1) is 0 Å². The van der Waals surface area contributed by atoms with Crippen molar-refractivity contribution in [3.63, 3.8) is 0 Å². The Morgan fingerprint density at radius 2 is 1.83 bits per heavy atom. The van der Waals surface area contributed by atoms with Crippen molar-refractivity contribution in [3.05, 3.63) is 66.2 Å². The highest BCUT2D eigenvalue weighted by molar-refractivity contribution is 7.92. The fourth-order valence-electron chi connectivity index (χ4n) is 2.00. The lowest BCUT2D eigenvalue weighted by atomic mass is 10.2. The van der Waals surface area contributed by atoms with E-state index in [-0.39, 0.29) is 11.3 Å². The summed E-state index contributed by atoms with van der Waals surface area (Å²) in [4.78, 5) is 11.1. The number of carbonyl (C=O) groups excluding carboxylic acids is 1. The summed E-state index contributed by atoms with van der Waals surface area (Å²) < 4.78 is 27.3. The molecule has 2 rings (SSSR count). The van der Waals surface area contributed by atoms with Crippen LogP contribution in [-0.4, -0.2) is 19.5 Å². The van der Waals surface area contributed by atoms with Crippen molar-refractivity contribution >= 4 is 27.7 Å². The lowest BCUT2D eigenvalue weighted by Crippen LogP contribution is -2.17. The Balaban J connectivity index is 2.09. The molecule has 6 nitrogen and oxygen atoms in total. The first-order valence-electron chi connectivity index (χ1n) is 7.29. The fourth-order valence-corrected chi connectivity index (χ4v) is 3.11. The first-order valence-corrected chi connectivity index (χ1v) is 8.77. The van der Waals surface area contributed by atoms with Gasteiger partial charge in [-0.3, -0.25) is 14.7 Å². The monoisotopic (exact) mass is 346 g/mol. The van der Waals surface area contributed by atoms with Gasteiger partial charge in [-0.25, -0.2) is 13.9 Å². The molecule has 0 unspecified atom stereocenters. The van der Waals surface area contributed by atoms with Crippen LogP contribution in [0.25, 0.3) is 6.08 Å². The maximum Gasteiger partial charge on any atom is 0.261 e. The fraction of sp³-hybridized carbons (Fsp3) is 0.118. The van der Waals surface area contributed by atoms with Crippen LogP contribution in [0.5, 0.6) is 0 Å². The van der Waals surface area contributed by atoms with Crippen molar-refractivity contribution in [2.75, 3.05) is 4.72 Å². The van der Waals surface area contributed by atoms with Gasteiger partial charge in [0.15, 0.2) is 0 Å². The van der Waals surface area contributed by atoms with Crippen molar-refractivity contribution in [3.8, 4) is 0 Å². The minimum atomic E-state index is -3.66. The minimum Gasteiger partial charge on any atom is -0.289 e. The van der Waals surface area contributed by atoms with Crippen LogP contribution in [0.2, 0.25) is 0 Å². The van der Waals surface area contributed by atoms with E-state index in [9.17, 15) is 13.2 Å². The van der Waals surface area contributed by atoms with E-state index in [0.717, 1.165) is 0 Å². The second kappa shape index (κ2) is 8.28. The first kappa shape index (κ1) is 17.7. The molecule has 0 spiro atoms. The molecule has 0 aliphatic carbocycles. The molecular weight excluding hydrogens is 328 g/mol. The lowest BCUT2D eigenvalue weighted by molar-refractivity contribution is -0.129. The standard InChI is InChI=1S/C17H18N2O4S/c20-17(18-21)12-5-4-7-14-8-6-11-16(13-14)24(22,23)19-15-9-2-1-3-10-15/h1-4,6-11,13,19,21H,5,12H2,(H,18,20)/b7-4-. The Hall–Kier alpha value is -2.64. The van der Waals surface area contributed by atoms with Gasteiger partial charge in [-0.15, -0.1) is 0 Å². The van der Waals surface area contributed by atoms with Crippen molar-refractivity contribution in [2.45, 2.75) is 17.7 Å². The van der Waals surface area contributed by atoms with E-state index in [1.54, 1.807) is 66.2 Å². The van der Waals surface area contributed by atoms with Gasteiger partial charge in [0.05, 0.1) is 4.90 Å². The second-order valence-corrected chi connectivity index (χ2v) is 6.70. The van der Waals surface area contributed by atoms with Crippen LogP contribution < -0.4 is 10.2 Å². The van der Waals surface area contributed by atoms with E-state index in [2.05, 4.69) is 4.72 Å². The molecule has 0 radical (unpaired) electrons. The zero-order valence-corrected chi connectivity index (χ0v) is 13.7. The number of hydrogen-bond acceptors (Lipinski definition) is 4. The molecule has 24 heavy (non-hydrogen) atoms. The number of benzene rings is 2. The number of rotatable bonds is 7. The average molecular weight is 346 g/mol. The van der Waals surface area contributed by atoms with Crippen LogP contribution >= 0.6 is 0 Å².